The van der Waals surface area contributed by atoms with E-state index in [1.165, 1.54) is 0 Å². The summed E-state index contributed by atoms with van der Waals surface area (Å²) in [6.45, 7) is 1.91. The van der Waals surface area contributed by atoms with Gasteiger partial charge in [-0.1, -0.05) is 60.2 Å². The lowest BCUT2D eigenvalue weighted by atomic mass is 10.0. The molecule has 0 aliphatic heterocycles. The normalized spacial score (nSPS) is 12.0. The molecule has 3 aromatic rings. The summed E-state index contributed by atoms with van der Waals surface area (Å²) in [5.74, 6) is 0.564. The second-order valence-corrected chi connectivity index (χ2v) is 7.40. The average Bonchev–Trinajstić information content (AvgIpc) is 2.67. The summed E-state index contributed by atoms with van der Waals surface area (Å²) >= 11 is 0. The number of aryl methyl sites for hydroxylation is 1. The fourth-order valence-electron chi connectivity index (χ4n) is 2.58. The van der Waals surface area contributed by atoms with Crippen LogP contribution >= 0.6 is 0 Å². The molecular formula is C21H19NO3S. The van der Waals surface area contributed by atoms with Crippen molar-refractivity contribution in [2.24, 2.45) is 4.40 Å². The van der Waals surface area contributed by atoms with E-state index in [2.05, 4.69) is 4.40 Å². The van der Waals surface area contributed by atoms with Gasteiger partial charge in [0.1, 0.15) is 5.75 Å². The van der Waals surface area contributed by atoms with Gasteiger partial charge in [0, 0.05) is 11.1 Å². The summed E-state index contributed by atoms with van der Waals surface area (Å²) in [6, 6.07) is 23.1. The van der Waals surface area contributed by atoms with Crippen LogP contribution in [0.2, 0.25) is 0 Å². The molecule has 0 bridgehead atoms. The molecule has 0 saturated heterocycles. The van der Waals surface area contributed by atoms with Crippen LogP contribution in [0.15, 0.2) is 88.2 Å². The van der Waals surface area contributed by atoms with Gasteiger partial charge in [0.25, 0.3) is 10.0 Å². The van der Waals surface area contributed by atoms with Gasteiger partial charge in [-0.05, 0) is 31.2 Å². The van der Waals surface area contributed by atoms with E-state index in [1.807, 2.05) is 49.4 Å². The van der Waals surface area contributed by atoms with Crippen molar-refractivity contribution in [1.29, 1.82) is 0 Å². The first-order chi connectivity index (χ1) is 12.5. The van der Waals surface area contributed by atoms with Gasteiger partial charge in [-0.25, -0.2) is 0 Å². The molecule has 0 aliphatic carbocycles. The minimum Gasteiger partial charge on any atom is -0.496 e. The Morgan fingerprint density at radius 2 is 1.46 bits per heavy atom. The highest BCUT2D eigenvalue weighted by Gasteiger charge is 2.19. The summed E-state index contributed by atoms with van der Waals surface area (Å²) in [5.41, 5.74) is 2.66. The molecule has 0 radical (unpaired) electrons. The lowest BCUT2D eigenvalue weighted by Crippen LogP contribution is -2.10. The Morgan fingerprint density at radius 1 is 0.846 bits per heavy atom. The number of methoxy groups -OCH3 is 1. The Morgan fingerprint density at radius 3 is 2.12 bits per heavy atom. The average molecular weight is 365 g/mol. The lowest BCUT2D eigenvalue weighted by molar-refractivity contribution is 0.414. The smallest absolute Gasteiger partial charge is 0.282 e. The Labute approximate surface area is 153 Å². The molecule has 132 valence electrons. The molecule has 0 amide bonds. The highest BCUT2D eigenvalue weighted by Crippen LogP contribution is 2.24. The first-order valence-corrected chi connectivity index (χ1v) is 9.56. The van der Waals surface area contributed by atoms with Gasteiger partial charge in [-0.3, -0.25) is 0 Å². The van der Waals surface area contributed by atoms with E-state index >= 15 is 0 Å². The van der Waals surface area contributed by atoms with Gasteiger partial charge < -0.3 is 4.74 Å². The molecule has 4 nitrogen and oxygen atoms in total. The third kappa shape index (κ3) is 3.83. The predicted molar refractivity (Wildman–Crippen MR) is 103 cm³/mol. The van der Waals surface area contributed by atoms with E-state index in [9.17, 15) is 8.42 Å². The van der Waals surface area contributed by atoms with Crippen molar-refractivity contribution in [1.82, 2.24) is 0 Å². The topological polar surface area (TPSA) is 55.7 Å². The molecule has 0 heterocycles. The van der Waals surface area contributed by atoms with Gasteiger partial charge in [0.05, 0.1) is 17.7 Å². The van der Waals surface area contributed by atoms with Crippen LogP contribution in [0, 0.1) is 6.92 Å². The van der Waals surface area contributed by atoms with E-state index in [0.29, 0.717) is 22.6 Å². The van der Waals surface area contributed by atoms with Gasteiger partial charge in [0.15, 0.2) is 0 Å². The SMILES string of the molecule is COc1ccccc1/C(=N\S(=O)(=O)c1ccc(C)cc1)c1ccccc1. The van der Waals surface area contributed by atoms with Crippen LogP contribution in [0.3, 0.4) is 0 Å². The maximum Gasteiger partial charge on any atom is 0.282 e. The molecule has 3 aromatic carbocycles. The molecule has 26 heavy (non-hydrogen) atoms. The molecule has 0 saturated carbocycles. The zero-order valence-corrected chi connectivity index (χ0v) is 15.4. The van der Waals surface area contributed by atoms with Gasteiger partial charge in [-0.15, -0.1) is 0 Å². The summed E-state index contributed by atoms with van der Waals surface area (Å²) in [4.78, 5) is 0.159. The monoisotopic (exact) mass is 365 g/mol. The quantitative estimate of drug-likeness (QED) is 0.636. The predicted octanol–water partition coefficient (Wildman–Crippen LogP) is 4.23. The van der Waals surface area contributed by atoms with Gasteiger partial charge >= 0.3 is 0 Å². The van der Waals surface area contributed by atoms with Crippen molar-refractivity contribution in [3.8, 4) is 5.75 Å². The Hall–Kier alpha value is -2.92. The van der Waals surface area contributed by atoms with Crippen LogP contribution < -0.4 is 4.74 Å². The first kappa shape index (κ1) is 17.9. The van der Waals surface area contributed by atoms with Crippen LogP contribution in [0.5, 0.6) is 5.75 Å². The second kappa shape index (κ2) is 7.54. The minimum absolute atomic E-state index is 0.159. The van der Waals surface area contributed by atoms with E-state index in [-0.39, 0.29) is 4.90 Å². The van der Waals surface area contributed by atoms with Crippen LogP contribution in [-0.4, -0.2) is 21.2 Å². The molecule has 0 unspecified atom stereocenters. The van der Waals surface area contributed by atoms with E-state index in [1.54, 1.807) is 43.5 Å². The van der Waals surface area contributed by atoms with E-state index in [4.69, 9.17) is 4.74 Å². The number of hydrogen-bond donors (Lipinski definition) is 0. The largest absolute Gasteiger partial charge is 0.496 e. The number of benzene rings is 3. The van der Waals surface area contributed by atoms with Crippen LogP contribution in [0.4, 0.5) is 0 Å². The summed E-state index contributed by atoms with van der Waals surface area (Å²) in [5, 5.41) is 0. The summed E-state index contributed by atoms with van der Waals surface area (Å²) in [6.07, 6.45) is 0. The van der Waals surface area contributed by atoms with E-state index < -0.39 is 10.0 Å². The second-order valence-electron chi connectivity index (χ2n) is 5.79. The number of hydrogen-bond acceptors (Lipinski definition) is 3. The molecule has 3 rings (SSSR count). The molecule has 0 aliphatic rings. The molecule has 0 spiro atoms. The lowest BCUT2D eigenvalue weighted by Gasteiger charge is -2.12. The van der Waals surface area contributed by atoms with Crippen molar-refractivity contribution in [2.45, 2.75) is 11.8 Å². The number of para-hydroxylation sites is 1. The van der Waals surface area contributed by atoms with Crippen LogP contribution in [0.1, 0.15) is 16.7 Å². The fraction of sp³-hybridized carbons (Fsp3) is 0.0952. The first-order valence-electron chi connectivity index (χ1n) is 8.12. The Kier molecular flexibility index (Phi) is 5.19. The van der Waals surface area contributed by atoms with Crippen LogP contribution in [0.25, 0.3) is 0 Å². The molecule has 0 aromatic heterocycles. The van der Waals surface area contributed by atoms with Crippen molar-refractivity contribution in [2.75, 3.05) is 7.11 Å². The highest BCUT2D eigenvalue weighted by molar-refractivity contribution is 7.90. The standard InChI is InChI=1S/C21H19NO3S/c1-16-12-14-18(15-13-16)26(23,24)22-21(17-8-4-3-5-9-17)19-10-6-7-11-20(19)25-2/h3-15H,1-2H3/b22-21-. The highest BCUT2D eigenvalue weighted by atomic mass is 32.2. The Bertz CT molecular complexity index is 1020. The van der Waals surface area contributed by atoms with Crippen molar-refractivity contribution in [3.63, 3.8) is 0 Å². The number of rotatable bonds is 5. The maximum absolute atomic E-state index is 12.9. The van der Waals surface area contributed by atoms with Crippen molar-refractivity contribution < 1.29 is 13.2 Å². The zero-order chi connectivity index (χ0) is 18.6. The van der Waals surface area contributed by atoms with Crippen molar-refractivity contribution >= 4 is 15.7 Å². The number of nitrogens with zero attached hydrogens (tertiary/aromatic N) is 1. The molecule has 0 atom stereocenters. The van der Waals surface area contributed by atoms with E-state index in [0.717, 1.165) is 5.56 Å². The molecular weight excluding hydrogens is 346 g/mol. The third-order valence-corrected chi connectivity index (χ3v) is 5.23. The fourth-order valence-corrected chi connectivity index (χ4v) is 3.61. The minimum atomic E-state index is -3.87. The molecule has 0 fully saturated rings. The number of ether oxygens (including phenoxy) is 1. The van der Waals surface area contributed by atoms with Crippen LogP contribution in [-0.2, 0) is 10.0 Å². The third-order valence-electron chi connectivity index (χ3n) is 3.94. The van der Waals surface area contributed by atoms with Gasteiger partial charge in [0.2, 0.25) is 0 Å². The maximum atomic E-state index is 12.9. The Balaban J connectivity index is 2.21. The number of sulfonamides is 1. The van der Waals surface area contributed by atoms with Gasteiger partial charge in [-0.2, -0.15) is 12.8 Å². The zero-order valence-electron chi connectivity index (χ0n) is 14.6. The summed E-state index contributed by atoms with van der Waals surface area (Å²) < 4.78 is 35.3. The van der Waals surface area contributed by atoms with Crippen molar-refractivity contribution in [3.05, 3.63) is 95.6 Å². The molecule has 0 N–H and O–H groups in total. The summed E-state index contributed by atoms with van der Waals surface area (Å²) in [7, 11) is -2.31. The molecule has 5 heteroatoms.